The van der Waals surface area contributed by atoms with E-state index in [4.69, 9.17) is 0 Å². The monoisotopic (exact) mass is 306 g/mol. The molecule has 0 aromatic carbocycles. The molecular weight excluding hydrogens is 279 g/mol. The minimum atomic E-state index is -1.08. The van der Waals surface area contributed by atoms with Crippen LogP contribution in [0.5, 0.6) is 0 Å². The minimum Gasteiger partial charge on any atom is -0.393 e. The quantitative estimate of drug-likeness (QED) is 0.718. The predicted octanol–water partition coefficient (Wildman–Crippen LogP) is 3.54. The number of aliphatic hydroxyl groups is 2. The van der Waals surface area contributed by atoms with Gasteiger partial charge in [0.1, 0.15) is 6.17 Å². The van der Waals surface area contributed by atoms with Gasteiger partial charge >= 0.3 is 0 Å². The van der Waals surface area contributed by atoms with Crippen molar-refractivity contribution in [2.45, 2.75) is 70.8 Å². The lowest BCUT2D eigenvalue weighted by Crippen LogP contribution is -2.47. The van der Waals surface area contributed by atoms with Crippen molar-refractivity contribution < 1.29 is 14.6 Å². The molecule has 0 radical (unpaired) electrons. The molecule has 7 atom stereocenters. The summed E-state index contributed by atoms with van der Waals surface area (Å²) in [6.45, 7) is 4.41. The molecule has 4 aliphatic carbocycles. The Balaban J connectivity index is 1.74. The van der Waals surface area contributed by atoms with Gasteiger partial charge in [0, 0.05) is 5.41 Å². The molecule has 4 aliphatic rings. The zero-order valence-electron chi connectivity index (χ0n) is 13.6. The first-order valence-electron chi connectivity index (χ1n) is 8.77. The molecule has 0 heterocycles. The van der Waals surface area contributed by atoms with Crippen molar-refractivity contribution in [1.29, 1.82) is 0 Å². The molecule has 3 heteroatoms. The first kappa shape index (κ1) is 14.9. The number of rotatable bonds is 0. The topological polar surface area (TPSA) is 40.5 Å². The zero-order valence-corrected chi connectivity index (χ0v) is 13.6. The predicted molar refractivity (Wildman–Crippen MR) is 84.0 cm³/mol. The standard InChI is InChI=1S/C19H27FO2/c1-18-7-5-12(21)9-11(18)3-4-13-14(18)6-8-19(2)15(13)10-16(20)17(19)22/h3-4,12,14-17,21-22H,5-10H2,1-2H3/t12?,14-,15-,16+,17+,18-,19-/m0/s1. The molecule has 1 unspecified atom stereocenters. The highest BCUT2D eigenvalue weighted by atomic mass is 19.1. The van der Waals surface area contributed by atoms with Gasteiger partial charge in [-0.3, -0.25) is 0 Å². The maximum atomic E-state index is 14.2. The summed E-state index contributed by atoms with van der Waals surface area (Å²) in [4.78, 5) is 0. The molecule has 2 N–H and O–H groups in total. The van der Waals surface area contributed by atoms with Crippen molar-refractivity contribution in [3.63, 3.8) is 0 Å². The van der Waals surface area contributed by atoms with Gasteiger partial charge in [0.15, 0.2) is 0 Å². The van der Waals surface area contributed by atoms with E-state index in [-0.39, 0.29) is 22.9 Å². The van der Waals surface area contributed by atoms with Crippen LogP contribution in [0.4, 0.5) is 4.39 Å². The highest BCUT2D eigenvalue weighted by molar-refractivity contribution is 5.39. The molecule has 0 aromatic heterocycles. The van der Waals surface area contributed by atoms with Crippen molar-refractivity contribution in [2.75, 3.05) is 0 Å². The maximum absolute atomic E-state index is 14.2. The molecule has 0 aromatic rings. The van der Waals surface area contributed by atoms with E-state index < -0.39 is 12.3 Å². The van der Waals surface area contributed by atoms with Crippen LogP contribution in [0, 0.1) is 22.7 Å². The van der Waals surface area contributed by atoms with Gasteiger partial charge in [0.05, 0.1) is 12.2 Å². The lowest BCUT2D eigenvalue weighted by Gasteiger charge is -2.54. The van der Waals surface area contributed by atoms with Crippen LogP contribution in [0.3, 0.4) is 0 Å². The molecule has 22 heavy (non-hydrogen) atoms. The van der Waals surface area contributed by atoms with E-state index in [1.807, 2.05) is 0 Å². The lowest BCUT2D eigenvalue weighted by molar-refractivity contribution is -0.0181. The zero-order chi connectivity index (χ0) is 15.7. The fourth-order valence-electron chi connectivity index (χ4n) is 5.93. The van der Waals surface area contributed by atoms with Gasteiger partial charge in [-0.2, -0.15) is 0 Å². The van der Waals surface area contributed by atoms with Crippen molar-refractivity contribution in [1.82, 2.24) is 0 Å². The van der Waals surface area contributed by atoms with E-state index in [9.17, 15) is 14.6 Å². The van der Waals surface area contributed by atoms with Crippen LogP contribution in [-0.4, -0.2) is 28.6 Å². The van der Waals surface area contributed by atoms with Crippen LogP contribution < -0.4 is 0 Å². The number of halogens is 1. The number of allylic oxidation sites excluding steroid dienone is 3. The van der Waals surface area contributed by atoms with Crippen molar-refractivity contribution in [3.05, 3.63) is 23.3 Å². The summed E-state index contributed by atoms with van der Waals surface area (Å²) in [7, 11) is 0. The summed E-state index contributed by atoms with van der Waals surface area (Å²) in [6.07, 6.45) is 7.39. The van der Waals surface area contributed by atoms with Gasteiger partial charge in [0.2, 0.25) is 0 Å². The second-order valence-electron chi connectivity index (χ2n) is 8.52. The number of hydrogen-bond donors (Lipinski definition) is 2. The van der Waals surface area contributed by atoms with Crippen molar-refractivity contribution in [3.8, 4) is 0 Å². The van der Waals surface area contributed by atoms with Crippen LogP contribution in [0.15, 0.2) is 23.3 Å². The van der Waals surface area contributed by atoms with Gasteiger partial charge in [-0.1, -0.05) is 37.1 Å². The molecule has 0 aliphatic heterocycles. The third kappa shape index (κ3) is 1.78. The summed E-state index contributed by atoms with van der Waals surface area (Å²) in [6, 6.07) is 0. The van der Waals surface area contributed by atoms with Crippen molar-refractivity contribution in [2.24, 2.45) is 22.7 Å². The van der Waals surface area contributed by atoms with E-state index in [0.717, 1.165) is 32.1 Å². The molecule has 3 fully saturated rings. The Morgan fingerprint density at radius 3 is 2.64 bits per heavy atom. The first-order valence-corrected chi connectivity index (χ1v) is 8.77. The third-order valence-corrected chi connectivity index (χ3v) is 7.48. The molecule has 122 valence electrons. The van der Waals surface area contributed by atoms with Crippen LogP contribution in [-0.2, 0) is 0 Å². The molecule has 0 bridgehead atoms. The summed E-state index contributed by atoms with van der Waals surface area (Å²) >= 11 is 0. The normalized spacial score (nSPS) is 54.0. The van der Waals surface area contributed by atoms with Crippen LogP contribution in [0.1, 0.15) is 52.4 Å². The molecule has 2 nitrogen and oxygen atoms in total. The fourth-order valence-corrected chi connectivity index (χ4v) is 5.93. The third-order valence-electron chi connectivity index (χ3n) is 7.48. The van der Waals surface area contributed by atoms with Gasteiger partial charge in [0.25, 0.3) is 0 Å². The first-order chi connectivity index (χ1) is 10.4. The van der Waals surface area contributed by atoms with E-state index in [0.29, 0.717) is 12.3 Å². The average molecular weight is 306 g/mol. The fraction of sp³-hybridized carbons (Fsp3) is 0.789. The number of aliphatic hydroxyl groups excluding tert-OH is 2. The molecule has 4 rings (SSSR count). The van der Waals surface area contributed by atoms with E-state index in [1.165, 1.54) is 11.1 Å². The minimum absolute atomic E-state index is 0.129. The summed E-state index contributed by atoms with van der Waals surface area (Å²) in [5.41, 5.74) is 2.58. The Morgan fingerprint density at radius 1 is 1.09 bits per heavy atom. The van der Waals surface area contributed by atoms with Gasteiger partial charge in [-0.15, -0.1) is 0 Å². The average Bonchev–Trinajstić information content (AvgIpc) is 2.72. The second-order valence-corrected chi connectivity index (χ2v) is 8.52. The molecule has 0 spiro atoms. The van der Waals surface area contributed by atoms with Gasteiger partial charge < -0.3 is 10.2 Å². The molecule has 3 saturated carbocycles. The van der Waals surface area contributed by atoms with Crippen molar-refractivity contribution >= 4 is 0 Å². The Kier molecular flexibility index (Phi) is 3.16. The van der Waals surface area contributed by atoms with Crippen LogP contribution >= 0.6 is 0 Å². The maximum Gasteiger partial charge on any atom is 0.127 e. The summed E-state index contributed by atoms with van der Waals surface area (Å²) < 4.78 is 14.2. The lowest BCUT2D eigenvalue weighted by atomic mass is 9.51. The number of fused-ring (bicyclic) bond motifs is 5. The largest absolute Gasteiger partial charge is 0.393 e. The Bertz CT molecular complexity index is 554. The van der Waals surface area contributed by atoms with Gasteiger partial charge in [-0.25, -0.2) is 4.39 Å². The number of alkyl halides is 1. The molecule has 0 saturated heterocycles. The van der Waals surface area contributed by atoms with E-state index in [2.05, 4.69) is 26.0 Å². The van der Waals surface area contributed by atoms with Crippen LogP contribution in [0.2, 0.25) is 0 Å². The van der Waals surface area contributed by atoms with E-state index in [1.54, 1.807) is 0 Å². The Hall–Kier alpha value is -0.670. The highest BCUT2D eigenvalue weighted by Crippen LogP contribution is 2.63. The van der Waals surface area contributed by atoms with Crippen LogP contribution in [0.25, 0.3) is 0 Å². The highest BCUT2D eigenvalue weighted by Gasteiger charge is 2.59. The van der Waals surface area contributed by atoms with E-state index >= 15 is 0 Å². The summed E-state index contributed by atoms with van der Waals surface area (Å²) in [5.74, 6) is 0.647. The van der Waals surface area contributed by atoms with Gasteiger partial charge in [-0.05, 0) is 55.8 Å². The second kappa shape index (κ2) is 4.67. The molecular formula is C19H27FO2. The Labute approximate surface area is 132 Å². The smallest absolute Gasteiger partial charge is 0.127 e. The summed E-state index contributed by atoms with van der Waals surface area (Å²) in [5, 5.41) is 20.3. The number of hydrogen-bond acceptors (Lipinski definition) is 2. The SMILES string of the molecule is C[C@]12CC[C@H]3C(=CC=C4CC(O)CC[C@@]43C)[C@@H]1C[C@@H](F)[C@H]2O. The molecule has 0 amide bonds. The Morgan fingerprint density at radius 2 is 1.86 bits per heavy atom.